The van der Waals surface area contributed by atoms with Gasteiger partial charge in [0.25, 0.3) is 0 Å². The second kappa shape index (κ2) is 11.5. The molecule has 1 heterocycles. The molecule has 7 heteroatoms. The minimum Gasteiger partial charge on any atom is -0.671 e. The molecule has 1 saturated heterocycles. The smallest absolute Gasteiger partial charge is 0.154 e. The third-order valence-corrected chi connectivity index (χ3v) is 4.83. The number of Topliss-reactive ketones (excluding diaryl/α,β-unsaturated/α-hetero) is 1. The van der Waals surface area contributed by atoms with Gasteiger partial charge in [-0.15, -0.1) is 0 Å². The first-order valence-electron chi connectivity index (χ1n) is 8.67. The number of rotatable bonds is 9. The molecule has 143 valence electrons. The first-order chi connectivity index (χ1) is 11.2. The summed E-state index contributed by atoms with van der Waals surface area (Å²) in [4.78, 5) is 13.8. The Labute approximate surface area is 188 Å². The largest absolute Gasteiger partial charge is 0.671 e. The number of aliphatic hydroxyl groups is 1. The van der Waals surface area contributed by atoms with Gasteiger partial charge in [-0.05, 0) is 54.0 Å². The fraction of sp³-hybridized carbons (Fsp3) is 0.833. The number of likely N-dealkylation sites (N-methyl/N-ethyl adjacent to an activating group) is 1. The van der Waals surface area contributed by atoms with Crippen molar-refractivity contribution in [2.24, 2.45) is 5.92 Å². The van der Waals surface area contributed by atoms with Gasteiger partial charge in [-0.25, -0.2) is 0 Å². The zero-order chi connectivity index (χ0) is 18.5. The molecule has 0 amide bonds. The third kappa shape index (κ3) is 6.95. The average molecular weight is 568 g/mol. The van der Waals surface area contributed by atoms with E-state index in [0.717, 1.165) is 0 Å². The quantitative estimate of drug-likeness (QED) is 0.342. The van der Waals surface area contributed by atoms with Crippen molar-refractivity contribution in [2.75, 3.05) is 20.3 Å². The van der Waals surface area contributed by atoms with Crippen LogP contribution in [-0.4, -0.2) is 66.1 Å². The number of carbonyl (C=O) groups excluding carboxylic acids is 1. The first kappa shape index (κ1) is 25.7. The summed E-state index contributed by atoms with van der Waals surface area (Å²) in [6.45, 7) is 9.33. The number of allylic oxidation sites excluding steroid dienone is 1. The maximum Gasteiger partial charge on any atom is 0.154 e. The SMILES string of the molecule is C/C=C\[C@@H]1C[C@H](C(C)=O)N(C)[C@H]1[C@@H]([NH-])[C@@](C)(O)COC(C)OCC.[Ac]. The Balaban J connectivity index is 0.00000576. The van der Waals surface area contributed by atoms with Gasteiger partial charge in [-0.1, -0.05) is 18.2 Å². The molecule has 2 N–H and O–H groups in total. The molecule has 0 aliphatic carbocycles. The Morgan fingerprint density at radius 2 is 2.08 bits per heavy atom. The molecule has 6 atom stereocenters. The van der Waals surface area contributed by atoms with E-state index in [2.05, 4.69) is 0 Å². The molecule has 0 saturated carbocycles. The van der Waals surface area contributed by atoms with Crippen LogP contribution >= 0.6 is 0 Å². The fourth-order valence-corrected chi connectivity index (χ4v) is 3.47. The molecule has 0 bridgehead atoms. The number of carbonyl (C=O) groups is 1. The van der Waals surface area contributed by atoms with Crippen molar-refractivity contribution >= 4 is 5.78 Å². The number of hydrogen-bond donors (Lipinski definition) is 1. The Bertz CT molecular complexity index is 445. The Hall–Kier alpha value is 0.652. The predicted molar refractivity (Wildman–Crippen MR) is 94.7 cm³/mol. The summed E-state index contributed by atoms with van der Waals surface area (Å²) in [5, 5.41) is 10.8. The summed E-state index contributed by atoms with van der Waals surface area (Å²) >= 11 is 0. The summed E-state index contributed by atoms with van der Waals surface area (Å²) in [6, 6.07) is -1.25. The topological polar surface area (TPSA) is 82.8 Å². The van der Waals surface area contributed by atoms with Crippen molar-refractivity contribution in [3.63, 3.8) is 0 Å². The van der Waals surface area contributed by atoms with Gasteiger partial charge in [0.2, 0.25) is 0 Å². The number of ether oxygens (including phenoxy) is 2. The van der Waals surface area contributed by atoms with Crippen molar-refractivity contribution in [1.29, 1.82) is 0 Å². The summed E-state index contributed by atoms with van der Waals surface area (Å²) in [6.07, 6.45) is 4.24. The van der Waals surface area contributed by atoms with Gasteiger partial charge in [0, 0.05) is 56.7 Å². The number of ketones is 1. The number of hydrogen-bond acceptors (Lipinski definition) is 5. The molecular weight excluding hydrogens is 535 g/mol. The summed E-state index contributed by atoms with van der Waals surface area (Å²) in [5.74, 6) is 0.162. The van der Waals surface area contributed by atoms with Crippen molar-refractivity contribution in [3.05, 3.63) is 17.9 Å². The summed E-state index contributed by atoms with van der Waals surface area (Å²) < 4.78 is 10.8. The van der Waals surface area contributed by atoms with Gasteiger partial charge in [-0.3, -0.25) is 9.69 Å². The number of likely N-dealkylation sites (tertiary alicyclic amines) is 1. The zero-order valence-corrected chi connectivity index (χ0v) is 21.1. The molecule has 1 unspecified atom stereocenters. The van der Waals surface area contributed by atoms with Crippen LogP contribution in [0.2, 0.25) is 0 Å². The van der Waals surface area contributed by atoms with Gasteiger partial charge >= 0.3 is 0 Å². The van der Waals surface area contributed by atoms with E-state index in [4.69, 9.17) is 15.2 Å². The van der Waals surface area contributed by atoms with Crippen LogP contribution in [0.25, 0.3) is 5.73 Å². The van der Waals surface area contributed by atoms with Gasteiger partial charge in [-0.2, -0.15) is 0 Å². The minimum absolute atomic E-state index is 0. The molecule has 0 aromatic heterocycles. The monoisotopic (exact) mass is 568 g/mol. The molecule has 0 aromatic carbocycles. The van der Waals surface area contributed by atoms with E-state index in [1.54, 1.807) is 20.8 Å². The maximum atomic E-state index is 11.9. The molecular formula is C18H33AcN2O4-. The van der Waals surface area contributed by atoms with E-state index < -0.39 is 17.9 Å². The second-order valence-electron chi connectivity index (χ2n) is 6.88. The standard InChI is InChI=1S/C18H33N2O4.Ac/c1-7-9-14-10-15(12(3)21)20(6)16(14)17(19)18(5,22)11-24-13(4)23-8-2;/h7,9,13-17,19,22H,8,10-11H2,1-6H3;/q-1;/b9-7-;/t13?,14-,15-,16-,17-,18+;/m1./s1. The van der Waals surface area contributed by atoms with Gasteiger partial charge in [0.05, 0.1) is 18.2 Å². The summed E-state index contributed by atoms with van der Waals surface area (Å²) in [7, 11) is 1.86. The fourth-order valence-electron chi connectivity index (χ4n) is 3.47. The van der Waals surface area contributed by atoms with Crippen LogP contribution in [0.3, 0.4) is 0 Å². The van der Waals surface area contributed by atoms with Crippen LogP contribution in [0, 0.1) is 50.0 Å². The molecule has 25 heavy (non-hydrogen) atoms. The van der Waals surface area contributed by atoms with Gasteiger partial charge in [0.1, 0.15) is 5.78 Å². The van der Waals surface area contributed by atoms with Crippen LogP contribution < -0.4 is 0 Å². The van der Waals surface area contributed by atoms with E-state index in [1.165, 1.54) is 0 Å². The molecule has 1 radical (unpaired) electrons. The van der Waals surface area contributed by atoms with Gasteiger partial charge in [0.15, 0.2) is 6.29 Å². The van der Waals surface area contributed by atoms with E-state index in [-0.39, 0.29) is 74.5 Å². The van der Waals surface area contributed by atoms with E-state index in [0.29, 0.717) is 13.0 Å². The number of nitrogens with one attached hydrogen (secondary N) is 1. The van der Waals surface area contributed by atoms with E-state index >= 15 is 0 Å². The van der Waals surface area contributed by atoms with Crippen LogP contribution in [0.5, 0.6) is 0 Å². The normalized spacial score (nSPS) is 29.2. The van der Waals surface area contributed by atoms with Crippen molar-refractivity contribution in [3.8, 4) is 0 Å². The van der Waals surface area contributed by atoms with Crippen LogP contribution in [0.1, 0.15) is 41.0 Å². The second-order valence-corrected chi connectivity index (χ2v) is 6.88. The zero-order valence-electron chi connectivity index (χ0n) is 16.4. The van der Waals surface area contributed by atoms with Crippen LogP contribution in [-0.2, 0) is 14.3 Å². The predicted octanol–water partition coefficient (Wildman–Crippen LogP) is 2.41. The Kier molecular flexibility index (Phi) is 11.8. The van der Waals surface area contributed by atoms with Crippen LogP contribution in [0.4, 0.5) is 0 Å². The van der Waals surface area contributed by atoms with Gasteiger partial charge < -0.3 is 20.3 Å². The van der Waals surface area contributed by atoms with E-state index in [1.807, 2.05) is 37.9 Å². The van der Waals surface area contributed by atoms with Crippen molar-refractivity contribution in [2.45, 2.75) is 71.1 Å². The molecule has 6 nitrogen and oxygen atoms in total. The molecule has 0 spiro atoms. The average Bonchev–Trinajstić information content (AvgIpc) is 2.82. The molecule has 1 aliphatic rings. The molecule has 1 fully saturated rings. The van der Waals surface area contributed by atoms with Crippen molar-refractivity contribution < 1.29 is 63.4 Å². The Morgan fingerprint density at radius 3 is 2.56 bits per heavy atom. The Morgan fingerprint density at radius 1 is 1.48 bits per heavy atom. The van der Waals surface area contributed by atoms with Crippen molar-refractivity contribution in [1.82, 2.24) is 4.90 Å². The van der Waals surface area contributed by atoms with Crippen LogP contribution in [0.15, 0.2) is 12.2 Å². The third-order valence-electron chi connectivity index (χ3n) is 4.83. The molecule has 0 aromatic rings. The van der Waals surface area contributed by atoms with E-state index in [9.17, 15) is 9.90 Å². The molecule has 1 aliphatic heterocycles. The number of nitrogens with zero attached hydrogens (tertiary/aromatic N) is 1. The minimum atomic E-state index is -1.34. The maximum absolute atomic E-state index is 11.9. The first-order valence-corrected chi connectivity index (χ1v) is 8.67. The summed E-state index contributed by atoms with van der Waals surface area (Å²) in [5.41, 5.74) is 7.29. The molecule has 1 rings (SSSR count).